The fourth-order valence-electron chi connectivity index (χ4n) is 2.40. The number of hydrogen-bond donors (Lipinski definition) is 1. The summed E-state index contributed by atoms with van der Waals surface area (Å²) in [6.45, 7) is 6.08. The van der Waals surface area contributed by atoms with E-state index < -0.39 is 12.0 Å². The summed E-state index contributed by atoms with van der Waals surface area (Å²) in [4.78, 5) is 17.6. The number of nitrogens with zero attached hydrogens (tertiary/aromatic N) is 3. The van der Waals surface area contributed by atoms with Gasteiger partial charge in [0.1, 0.15) is 11.8 Å². The van der Waals surface area contributed by atoms with Crippen LogP contribution in [0.5, 0.6) is 5.75 Å². The molecule has 1 heterocycles. The lowest BCUT2D eigenvalue weighted by Crippen LogP contribution is -2.30. The second-order valence-electron chi connectivity index (χ2n) is 5.85. The van der Waals surface area contributed by atoms with Crippen molar-refractivity contribution in [3.63, 3.8) is 0 Å². The van der Waals surface area contributed by atoms with Crippen molar-refractivity contribution in [3.8, 4) is 5.75 Å². The molecule has 0 unspecified atom stereocenters. The predicted molar refractivity (Wildman–Crippen MR) is 87.7 cm³/mol. The third-order valence-corrected chi connectivity index (χ3v) is 3.45. The normalized spacial score (nSPS) is 12.6. The number of benzene rings is 1. The van der Waals surface area contributed by atoms with Crippen LogP contribution in [0, 0.1) is 0 Å². The number of aliphatic carboxylic acids is 1. The largest absolute Gasteiger partial charge is 0.491 e. The van der Waals surface area contributed by atoms with E-state index in [1.807, 2.05) is 20.8 Å². The lowest BCUT2D eigenvalue weighted by Gasteiger charge is -2.23. The van der Waals surface area contributed by atoms with E-state index in [0.29, 0.717) is 29.4 Å². The molecule has 0 amide bonds. The summed E-state index contributed by atoms with van der Waals surface area (Å²) >= 11 is 0. The maximum Gasteiger partial charge on any atom is 0.325 e. The molecule has 130 valence electrons. The Morgan fingerprint density at radius 1 is 1.33 bits per heavy atom. The summed E-state index contributed by atoms with van der Waals surface area (Å²) in [6, 6.07) is 6.29. The summed E-state index contributed by atoms with van der Waals surface area (Å²) in [5.41, 5.74) is 0.667. The van der Waals surface area contributed by atoms with Crippen LogP contribution in [-0.2, 0) is 17.8 Å². The van der Waals surface area contributed by atoms with Crippen LogP contribution in [-0.4, -0.2) is 39.3 Å². The summed E-state index contributed by atoms with van der Waals surface area (Å²) in [6.07, 6.45) is 0.718. The maximum absolute atomic E-state index is 11.7. The molecule has 1 atom stereocenters. The first-order chi connectivity index (χ1) is 11.4. The van der Waals surface area contributed by atoms with Gasteiger partial charge in [-0.2, -0.15) is 4.98 Å². The van der Waals surface area contributed by atoms with Gasteiger partial charge in [0.2, 0.25) is 5.89 Å². The highest BCUT2D eigenvalue weighted by molar-refractivity contribution is 5.75. The van der Waals surface area contributed by atoms with Gasteiger partial charge in [0.15, 0.2) is 5.82 Å². The van der Waals surface area contributed by atoms with Crippen molar-refractivity contribution >= 4 is 5.97 Å². The Morgan fingerprint density at radius 3 is 2.50 bits per heavy atom. The fourth-order valence-corrected chi connectivity index (χ4v) is 2.40. The number of carboxylic acid groups (broad SMARTS) is 1. The SMILES string of the molecule is CCc1nc(CN(C)[C@H](C(=O)O)c2ccc(OC(C)C)cc2)no1. The molecule has 0 bridgehead atoms. The topological polar surface area (TPSA) is 88.7 Å². The van der Waals surface area contributed by atoms with Gasteiger partial charge in [-0.3, -0.25) is 9.69 Å². The summed E-state index contributed by atoms with van der Waals surface area (Å²) in [5.74, 6) is 0.793. The van der Waals surface area contributed by atoms with E-state index in [9.17, 15) is 9.90 Å². The van der Waals surface area contributed by atoms with Gasteiger partial charge in [0.05, 0.1) is 12.6 Å². The van der Waals surface area contributed by atoms with E-state index in [4.69, 9.17) is 9.26 Å². The van der Waals surface area contributed by atoms with E-state index in [0.717, 1.165) is 0 Å². The number of likely N-dealkylation sites (N-methyl/N-ethyl adjacent to an activating group) is 1. The molecule has 1 aromatic carbocycles. The second-order valence-corrected chi connectivity index (χ2v) is 5.85. The van der Waals surface area contributed by atoms with Crippen molar-refractivity contribution in [3.05, 3.63) is 41.5 Å². The Hall–Kier alpha value is -2.41. The molecule has 0 aliphatic heterocycles. The number of carbonyl (C=O) groups is 1. The van der Waals surface area contributed by atoms with Gasteiger partial charge in [-0.15, -0.1) is 0 Å². The van der Waals surface area contributed by atoms with Crippen LogP contribution < -0.4 is 4.74 Å². The number of ether oxygens (including phenoxy) is 1. The van der Waals surface area contributed by atoms with E-state index in [1.54, 1.807) is 36.2 Å². The van der Waals surface area contributed by atoms with E-state index >= 15 is 0 Å². The van der Waals surface area contributed by atoms with E-state index in [-0.39, 0.29) is 12.6 Å². The standard InChI is InChI=1S/C17H23N3O4/c1-5-15-18-14(19-24-15)10-20(4)16(17(21)22)12-6-8-13(9-7-12)23-11(2)3/h6-9,11,16H,5,10H2,1-4H3,(H,21,22)/t16-/m0/s1. The number of carboxylic acids is 1. The zero-order valence-electron chi connectivity index (χ0n) is 14.4. The van der Waals surface area contributed by atoms with Crippen LogP contribution in [0.3, 0.4) is 0 Å². The Balaban J connectivity index is 2.14. The van der Waals surface area contributed by atoms with Crippen molar-refractivity contribution in [2.75, 3.05) is 7.05 Å². The molecule has 2 aromatic rings. The maximum atomic E-state index is 11.7. The van der Waals surface area contributed by atoms with Crippen LogP contribution in [0.2, 0.25) is 0 Å². The Kier molecular flexibility index (Phi) is 5.92. The minimum absolute atomic E-state index is 0.0693. The average Bonchev–Trinajstić information content (AvgIpc) is 2.96. The van der Waals surface area contributed by atoms with Crippen LogP contribution >= 0.6 is 0 Å². The minimum atomic E-state index is -0.936. The van der Waals surface area contributed by atoms with Crippen molar-refractivity contribution in [1.29, 1.82) is 0 Å². The molecule has 0 aliphatic carbocycles. The first-order valence-electron chi connectivity index (χ1n) is 7.91. The molecule has 0 fully saturated rings. The molecule has 0 saturated carbocycles. The number of hydrogen-bond acceptors (Lipinski definition) is 6. The number of aromatic nitrogens is 2. The molecule has 0 spiro atoms. The zero-order chi connectivity index (χ0) is 17.7. The summed E-state index contributed by atoms with van der Waals surface area (Å²) in [7, 11) is 1.72. The van der Waals surface area contributed by atoms with Crippen molar-refractivity contribution in [2.24, 2.45) is 0 Å². The third kappa shape index (κ3) is 4.55. The molecule has 7 heteroatoms. The highest BCUT2D eigenvalue weighted by atomic mass is 16.5. The molecule has 0 radical (unpaired) electrons. The lowest BCUT2D eigenvalue weighted by atomic mass is 10.1. The van der Waals surface area contributed by atoms with E-state index in [1.165, 1.54) is 0 Å². The smallest absolute Gasteiger partial charge is 0.325 e. The quantitative estimate of drug-likeness (QED) is 0.794. The molecule has 7 nitrogen and oxygen atoms in total. The molecule has 2 rings (SSSR count). The third-order valence-electron chi connectivity index (χ3n) is 3.45. The lowest BCUT2D eigenvalue weighted by molar-refractivity contribution is -0.143. The minimum Gasteiger partial charge on any atom is -0.491 e. The molecule has 1 N–H and O–H groups in total. The van der Waals surface area contributed by atoms with Gasteiger partial charge in [-0.25, -0.2) is 0 Å². The second kappa shape index (κ2) is 7.92. The van der Waals surface area contributed by atoms with Gasteiger partial charge in [-0.05, 0) is 38.6 Å². The van der Waals surface area contributed by atoms with Crippen LogP contribution in [0.25, 0.3) is 0 Å². The molecule has 1 aromatic heterocycles. The van der Waals surface area contributed by atoms with Gasteiger partial charge in [0, 0.05) is 6.42 Å². The van der Waals surface area contributed by atoms with Crippen molar-refractivity contribution in [2.45, 2.75) is 45.9 Å². The monoisotopic (exact) mass is 333 g/mol. The number of aryl methyl sites for hydroxylation is 1. The zero-order valence-corrected chi connectivity index (χ0v) is 14.4. The highest BCUT2D eigenvalue weighted by Gasteiger charge is 2.26. The van der Waals surface area contributed by atoms with E-state index in [2.05, 4.69) is 10.1 Å². The summed E-state index contributed by atoms with van der Waals surface area (Å²) in [5, 5.41) is 13.5. The molecule has 0 saturated heterocycles. The summed E-state index contributed by atoms with van der Waals surface area (Å²) < 4.78 is 10.6. The van der Waals surface area contributed by atoms with Gasteiger partial charge in [-0.1, -0.05) is 24.2 Å². The first kappa shape index (κ1) is 17.9. The predicted octanol–water partition coefficient (Wildman–Crippen LogP) is 2.68. The average molecular weight is 333 g/mol. The van der Waals surface area contributed by atoms with Crippen LogP contribution in [0.4, 0.5) is 0 Å². The van der Waals surface area contributed by atoms with Crippen molar-refractivity contribution in [1.82, 2.24) is 15.0 Å². The molecular weight excluding hydrogens is 310 g/mol. The van der Waals surface area contributed by atoms with Gasteiger partial charge in [0.25, 0.3) is 0 Å². The first-order valence-corrected chi connectivity index (χ1v) is 7.91. The molecular formula is C17H23N3O4. The Morgan fingerprint density at radius 2 is 2.00 bits per heavy atom. The fraction of sp³-hybridized carbons (Fsp3) is 0.471. The van der Waals surface area contributed by atoms with Gasteiger partial charge >= 0.3 is 5.97 Å². The van der Waals surface area contributed by atoms with Crippen LogP contribution in [0.15, 0.2) is 28.8 Å². The van der Waals surface area contributed by atoms with Gasteiger partial charge < -0.3 is 14.4 Å². The van der Waals surface area contributed by atoms with Crippen LogP contribution in [0.1, 0.15) is 44.1 Å². The molecule has 0 aliphatic rings. The Bertz CT molecular complexity index is 667. The molecule has 24 heavy (non-hydrogen) atoms. The van der Waals surface area contributed by atoms with Crippen molar-refractivity contribution < 1.29 is 19.2 Å². The highest BCUT2D eigenvalue weighted by Crippen LogP contribution is 2.24. The Labute approximate surface area is 141 Å². The number of rotatable bonds is 8.